The molecule has 1 saturated carbocycles. The molecule has 0 spiro atoms. The maximum Gasteiger partial charge on any atom is 0.317 e. The normalized spacial score (nSPS) is 17.9. The minimum absolute atomic E-state index is 0.231. The van der Waals surface area contributed by atoms with Crippen LogP contribution in [-0.4, -0.2) is 35.1 Å². The van der Waals surface area contributed by atoms with Crippen LogP contribution in [0, 0.1) is 0 Å². The molecule has 1 fully saturated rings. The number of rotatable bonds is 7. The number of hydrogen-bond donors (Lipinski definition) is 1. The summed E-state index contributed by atoms with van der Waals surface area (Å²) in [6.07, 6.45) is 9.81. The van der Waals surface area contributed by atoms with Crippen LogP contribution in [0.1, 0.15) is 58.3 Å². The van der Waals surface area contributed by atoms with E-state index in [1.54, 1.807) is 0 Å². The number of hydrogen-bond acceptors (Lipinski definition) is 2. The Balaban J connectivity index is 2.37. The van der Waals surface area contributed by atoms with Gasteiger partial charge in [0, 0.05) is 6.04 Å². The van der Waals surface area contributed by atoms with Gasteiger partial charge in [-0.2, -0.15) is 0 Å². The van der Waals surface area contributed by atoms with Crippen LogP contribution in [-0.2, 0) is 4.79 Å². The highest BCUT2D eigenvalue weighted by Gasteiger charge is 2.22. The molecule has 0 unspecified atom stereocenters. The first-order valence-corrected chi connectivity index (χ1v) is 6.70. The minimum Gasteiger partial charge on any atom is -0.480 e. The third-order valence-electron chi connectivity index (χ3n) is 3.48. The highest BCUT2D eigenvalue weighted by molar-refractivity contribution is 5.69. The van der Waals surface area contributed by atoms with Crippen molar-refractivity contribution in [3.63, 3.8) is 0 Å². The van der Waals surface area contributed by atoms with Crippen molar-refractivity contribution in [1.29, 1.82) is 0 Å². The molecule has 3 nitrogen and oxygen atoms in total. The molecule has 0 amide bonds. The number of carboxylic acid groups (broad SMARTS) is 1. The molecule has 1 N–H and O–H groups in total. The lowest BCUT2D eigenvalue weighted by Gasteiger charge is -2.33. The summed E-state index contributed by atoms with van der Waals surface area (Å²) in [6, 6.07) is 0.529. The predicted molar refractivity (Wildman–Crippen MR) is 65.6 cm³/mol. The fraction of sp³-hybridized carbons (Fsp3) is 0.923. The molecule has 0 aliphatic heterocycles. The van der Waals surface area contributed by atoms with Gasteiger partial charge in [0.2, 0.25) is 0 Å². The largest absolute Gasteiger partial charge is 0.480 e. The molecule has 3 heteroatoms. The molecule has 0 bridgehead atoms. The van der Waals surface area contributed by atoms with Crippen molar-refractivity contribution in [1.82, 2.24) is 4.90 Å². The lowest BCUT2D eigenvalue weighted by atomic mass is 9.94. The van der Waals surface area contributed by atoms with E-state index in [1.807, 2.05) is 0 Å². The van der Waals surface area contributed by atoms with E-state index in [4.69, 9.17) is 5.11 Å². The molecule has 0 radical (unpaired) electrons. The van der Waals surface area contributed by atoms with Gasteiger partial charge in [-0.3, -0.25) is 9.69 Å². The van der Waals surface area contributed by atoms with E-state index in [-0.39, 0.29) is 6.54 Å². The first-order valence-electron chi connectivity index (χ1n) is 6.70. The van der Waals surface area contributed by atoms with Gasteiger partial charge in [-0.25, -0.2) is 0 Å². The van der Waals surface area contributed by atoms with Crippen LogP contribution < -0.4 is 0 Å². The van der Waals surface area contributed by atoms with Gasteiger partial charge in [-0.05, 0) is 25.8 Å². The number of carbonyl (C=O) groups is 1. The molecule has 0 aromatic heterocycles. The van der Waals surface area contributed by atoms with Crippen LogP contribution in [0.15, 0.2) is 0 Å². The maximum absolute atomic E-state index is 10.8. The van der Waals surface area contributed by atoms with Crippen molar-refractivity contribution in [3.8, 4) is 0 Å². The molecule has 0 atom stereocenters. The van der Waals surface area contributed by atoms with Crippen LogP contribution >= 0.6 is 0 Å². The van der Waals surface area contributed by atoms with E-state index < -0.39 is 5.97 Å². The van der Waals surface area contributed by atoms with Crippen molar-refractivity contribution in [2.24, 2.45) is 0 Å². The van der Waals surface area contributed by atoms with Crippen molar-refractivity contribution in [3.05, 3.63) is 0 Å². The summed E-state index contributed by atoms with van der Waals surface area (Å²) in [4.78, 5) is 13.0. The molecule has 1 rings (SSSR count). The van der Waals surface area contributed by atoms with E-state index in [1.165, 1.54) is 44.9 Å². The summed E-state index contributed by atoms with van der Waals surface area (Å²) < 4.78 is 0. The molecule has 0 aromatic carbocycles. The molecule has 0 heterocycles. The fourth-order valence-corrected chi connectivity index (χ4v) is 2.58. The van der Waals surface area contributed by atoms with E-state index >= 15 is 0 Å². The molecular weight excluding hydrogens is 202 g/mol. The molecular formula is C13H25NO2. The van der Waals surface area contributed by atoms with Crippen LogP contribution in [0.5, 0.6) is 0 Å². The monoisotopic (exact) mass is 227 g/mol. The quantitative estimate of drug-likeness (QED) is 0.680. The second kappa shape index (κ2) is 7.66. The second-order valence-corrected chi connectivity index (χ2v) is 4.86. The summed E-state index contributed by atoms with van der Waals surface area (Å²) in [6.45, 7) is 3.38. The standard InChI is InChI=1S/C13H25NO2/c1-2-3-7-10-14(11-13(15)16)12-8-5-4-6-9-12/h12H,2-11H2,1H3,(H,15,16). The molecule has 0 aromatic rings. The Hall–Kier alpha value is -0.570. The van der Waals surface area contributed by atoms with Gasteiger partial charge in [-0.1, -0.05) is 39.0 Å². The Morgan fingerprint density at radius 3 is 2.50 bits per heavy atom. The van der Waals surface area contributed by atoms with Crippen molar-refractivity contribution in [2.75, 3.05) is 13.1 Å². The third-order valence-corrected chi connectivity index (χ3v) is 3.48. The summed E-state index contributed by atoms with van der Waals surface area (Å²) in [5.41, 5.74) is 0. The zero-order chi connectivity index (χ0) is 11.8. The van der Waals surface area contributed by atoms with E-state index in [9.17, 15) is 4.79 Å². The fourth-order valence-electron chi connectivity index (χ4n) is 2.58. The number of aliphatic carboxylic acids is 1. The topological polar surface area (TPSA) is 40.5 Å². The Labute approximate surface area is 98.8 Å². The zero-order valence-corrected chi connectivity index (χ0v) is 10.5. The van der Waals surface area contributed by atoms with E-state index in [0.29, 0.717) is 6.04 Å². The molecule has 1 aliphatic carbocycles. The first kappa shape index (κ1) is 13.5. The first-order chi connectivity index (χ1) is 7.74. The second-order valence-electron chi connectivity index (χ2n) is 4.86. The number of nitrogens with zero attached hydrogens (tertiary/aromatic N) is 1. The average molecular weight is 227 g/mol. The number of carboxylic acids is 1. The highest BCUT2D eigenvalue weighted by Crippen LogP contribution is 2.22. The average Bonchev–Trinajstić information content (AvgIpc) is 2.29. The van der Waals surface area contributed by atoms with Gasteiger partial charge in [0.05, 0.1) is 6.54 Å². The van der Waals surface area contributed by atoms with Gasteiger partial charge in [0.25, 0.3) is 0 Å². The van der Waals surface area contributed by atoms with Gasteiger partial charge in [0.1, 0.15) is 0 Å². The highest BCUT2D eigenvalue weighted by atomic mass is 16.4. The van der Waals surface area contributed by atoms with Gasteiger partial charge in [0.15, 0.2) is 0 Å². The predicted octanol–water partition coefficient (Wildman–Crippen LogP) is 2.90. The minimum atomic E-state index is -0.679. The molecule has 1 aliphatic rings. The summed E-state index contributed by atoms with van der Waals surface area (Å²) in [5, 5.41) is 8.93. The maximum atomic E-state index is 10.8. The lowest BCUT2D eigenvalue weighted by Crippen LogP contribution is -2.40. The Morgan fingerprint density at radius 2 is 1.94 bits per heavy atom. The van der Waals surface area contributed by atoms with Gasteiger partial charge >= 0.3 is 5.97 Å². The van der Waals surface area contributed by atoms with Crippen LogP contribution in [0.4, 0.5) is 0 Å². The van der Waals surface area contributed by atoms with E-state index in [0.717, 1.165) is 13.0 Å². The van der Waals surface area contributed by atoms with Crippen LogP contribution in [0.25, 0.3) is 0 Å². The van der Waals surface area contributed by atoms with Gasteiger partial charge < -0.3 is 5.11 Å². The third kappa shape index (κ3) is 4.97. The molecule has 94 valence electrons. The van der Waals surface area contributed by atoms with Crippen molar-refractivity contribution in [2.45, 2.75) is 64.3 Å². The zero-order valence-electron chi connectivity index (χ0n) is 10.5. The Bertz CT molecular complexity index is 200. The van der Waals surface area contributed by atoms with Crippen LogP contribution in [0.2, 0.25) is 0 Å². The number of unbranched alkanes of at least 4 members (excludes halogenated alkanes) is 2. The van der Waals surface area contributed by atoms with Gasteiger partial charge in [-0.15, -0.1) is 0 Å². The molecule has 0 saturated heterocycles. The lowest BCUT2D eigenvalue weighted by molar-refractivity contribution is -0.139. The van der Waals surface area contributed by atoms with Crippen molar-refractivity contribution >= 4 is 5.97 Å². The SMILES string of the molecule is CCCCCN(CC(=O)O)C1CCCCC1. The smallest absolute Gasteiger partial charge is 0.317 e. The Morgan fingerprint density at radius 1 is 1.25 bits per heavy atom. The summed E-state index contributed by atoms with van der Waals surface area (Å²) in [5.74, 6) is -0.679. The van der Waals surface area contributed by atoms with E-state index in [2.05, 4.69) is 11.8 Å². The molecule has 16 heavy (non-hydrogen) atoms. The van der Waals surface area contributed by atoms with Crippen molar-refractivity contribution < 1.29 is 9.90 Å². The summed E-state index contributed by atoms with van der Waals surface area (Å²) in [7, 11) is 0. The summed E-state index contributed by atoms with van der Waals surface area (Å²) >= 11 is 0. The van der Waals surface area contributed by atoms with Crippen LogP contribution in [0.3, 0.4) is 0 Å². The Kier molecular flexibility index (Phi) is 6.46.